The number of esters is 1. The number of likely N-dealkylation sites (tertiary alicyclic amines) is 1. The van der Waals surface area contributed by atoms with E-state index < -0.39 is 24.0 Å². The van der Waals surface area contributed by atoms with Crippen LogP contribution in [0.4, 0.5) is 0 Å². The molecule has 9 nitrogen and oxygen atoms in total. The number of carboxylic acids is 1. The number of fused-ring (bicyclic) bond motifs is 3. The van der Waals surface area contributed by atoms with Gasteiger partial charge in [0, 0.05) is 6.04 Å². The summed E-state index contributed by atoms with van der Waals surface area (Å²) in [6.45, 7) is 0.248. The number of likely N-dealkylation sites (N-methyl/N-ethyl adjacent to an activating group) is 1. The van der Waals surface area contributed by atoms with Crippen molar-refractivity contribution in [2.45, 2.75) is 88.4 Å². The molecule has 4 rings (SSSR count). The first-order valence-electron chi connectivity index (χ1n) is 12.3. The fourth-order valence-corrected chi connectivity index (χ4v) is 6.86. The summed E-state index contributed by atoms with van der Waals surface area (Å²) in [5, 5.41) is 21.2. The molecule has 1 amide bonds. The normalized spacial score (nSPS) is 36.3. The second-order valence-electron chi connectivity index (χ2n) is 10.7. The number of carbonyl (C=O) groups is 3. The van der Waals surface area contributed by atoms with Gasteiger partial charge in [0.15, 0.2) is 0 Å². The molecule has 3 aliphatic carbocycles. The highest BCUT2D eigenvalue weighted by Gasteiger charge is 2.57. The van der Waals surface area contributed by atoms with Crippen LogP contribution >= 0.6 is 0 Å². The van der Waals surface area contributed by atoms with Crippen LogP contribution in [0.1, 0.15) is 64.2 Å². The molecule has 0 aromatic rings. The summed E-state index contributed by atoms with van der Waals surface area (Å²) in [5.41, 5.74) is 6.45. The van der Waals surface area contributed by atoms with Gasteiger partial charge in [-0.05, 0) is 75.2 Å². The Labute approximate surface area is 195 Å². The van der Waals surface area contributed by atoms with Gasteiger partial charge in [0.1, 0.15) is 12.1 Å². The Balaban J connectivity index is 1.35. The third kappa shape index (κ3) is 4.87. The minimum atomic E-state index is -1.08. The number of hydrogen-bond acceptors (Lipinski definition) is 7. The zero-order valence-electron chi connectivity index (χ0n) is 19.4. The molecule has 0 aromatic heterocycles. The Bertz CT molecular complexity index is 828. The molecule has 1 saturated heterocycles. The zero-order valence-corrected chi connectivity index (χ0v) is 19.4. The van der Waals surface area contributed by atoms with Crippen LogP contribution in [0.3, 0.4) is 0 Å². The predicted molar refractivity (Wildman–Crippen MR) is 119 cm³/mol. The third-order valence-electron chi connectivity index (χ3n) is 8.58. The molecule has 9 heteroatoms. The fourth-order valence-electron chi connectivity index (χ4n) is 6.86. The van der Waals surface area contributed by atoms with Crippen molar-refractivity contribution in [1.82, 2.24) is 10.2 Å². The van der Waals surface area contributed by atoms with Crippen LogP contribution in [0, 0.1) is 34.5 Å². The van der Waals surface area contributed by atoms with Gasteiger partial charge < -0.3 is 25.8 Å². The van der Waals surface area contributed by atoms with E-state index in [1.807, 2.05) is 0 Å². The van der Waals surface area contributed by atoms with Crippen LogP contribution in [-0.4, -0.2) is 65.7 Å². The average molecular weight is 461 g/mol. The van der Waals surface area contributed by atoms with Crippen LogP contribution < -0.4 is 11.1 Å². The van der Waals surface area contributed by atoms with Crippen LogP contribution in [-0.2, 0) is 19.1 Å². The number of carbonyl (C=O) groups excluding carboxylic acids is 2. The lowest BCUT2D eigenvalue weighted by Gasteiger charge is -2.51. The number of nitrogens with two attached hydrogens (primary N) is 1. The first-order chi connectivity index (χ1) is 15.8. The summed E-state index contributed by atoms with van der Waals surface area (Å²) >= 11 is 0. The molecule has 1 aliphatic heterocycles. The average Bonchev–Trinajstić information content (AvgIpc) is 3.45. The molecule has 2 bridgehead atoms. The van der Waals surface area contributed by atoms with Crippen molar-refractivity contribution in [3.63, 3.8) is 0 Å². The first kappa shape index (κ1) is 24.0. The van der Waals surface area contributed by atoms with E-state index in [1.165, 1.54) is 7.05 Å². The maximum Gasteiger partial charge on any atom is 0.321 e. The lowest BCUT2D eigenvalue weighted by atomic mass is 9.55. The summed E-state index contributed by atoms with van der Waals surface area (Å²) in [4.78, 5) is 38.4. The molecule has 8 unspecified atom stereocenters. The Hall–Kier alpha value is -2.18. The third-order valence-corrected chi connectivity index (χ3v) is 8.58. The van der Waals surface area contributed by atoms with Gasteiger partial charge in [-0.2, -0.15) is 5.26 Å². The van der Waals surface area contributed by atoms with Gasteiger partial charge in [0.05, 0.1) is 25.1 Å². The van der Waals surface area contributed by atoms with Crippen LogP contribution in [0.25, 0.3) is 0 Å². The summed E-state index contributed by atoms with van der Waals surface area (Å²) in [6.07, 6.45) is 8.23. The quantitative estimate of drug-likeness (QED) is 0.438. The Morgan fingerprint density at radius 1 is 1.30 bits per heavy atom. The Morgan fingerprint density at radius 2 is 2.09 bits per heavy atom. The smallest absolute Gasteiger partial charge is 0.321 e. The highest BCUT2D eigenvalue weighted by Crippen LogP contribution is 2.55. The predicted octanol–water partition coefficient (Wildman–Crippen LogP) is 1.41. The maximum absolute atomic E-state index is 13.5. The van der Waals surface area contributed by atoms with E-state index in [4.69, 9.17) is 15.6 Å². The van der Waals surface area contributed by atoms with E-state index in [1.54, 1.807) is 4.90 Å². The van der Waals surface area contributed by atoms with Gasteiger partial charge >= 0.3 is 11.9 Å². The zero-order chi connectivity index (χ0) is 23.8. The Kier molecular flexibility index (Phi) is 6.96. The van der Waals surface area contributed by atoms with Crippen molar-refractivity contribution in [1.29, 1.82) is 5.26 Å². The number of ether oxygens (including phenoxy) is 1. The minimum absolute atomic E-state index is 0.0499. The molecule has 0 radical (unpaired) electrons. The standard InChI is InChI=1S/C24H36N4O5/c1-27-18(23(31)32)10-20(29)33-6-4-15-7-14-3-2-5-24(11-14,12-15)21(26)22(30)28-17(13-25)8-16-9-19(16)28/h14-19,21,27H,2-12,26H2,1H3,(H,31,32). The fraction of sp³-hybridized carbons (Fsp3) is 0.833. The summed E-state index contributed by atoms with van der Waals surface area (Å²) in [5.74, 6) is -0.346. The van der Waals surface area contributed by atoms with Crippen molar-refractivity contribution in [3.05, 3.63) is 0 Å². The lowest BCUT2D eigenvalue weighted by Crippen LogP contribution is -2.58. The second kappa shape index (κ2) is 9.59. The highest BCUT2D eigenvalue weighted by atomic mass is 16.5. The minimum Gasteiger partial charge on any atom is -0.480 e. The first-order valence-corrected chi connectivity index (χ1v) is 12.3. The molecule has 8 atom stereocenters. The van der Waals surface area contributed by atoms with Crippen LogP contribution in [0.15, 0.2) is 0 Å². The molecule has 33 heavy (non-hydrogen) atoms. The molecule has 4 aliphatic rings. The molecule has 4 fully saturated rings. The van der Waals surface area contributed by atoms with Crippen molar-refractivity contribution >= 4 is 17.8 Å². The van der Waals surface area contributed by atoms with Crippen molar-refractivity contribution in [2.24, 2.45) is 28.9 Å². The number of nitriles is 1. The van der Waals surface area contributed by atoms with Crippen molar-refractivity contribution in [2.75, 3.05) is 13.7 Å². The van der Waals surface area contributed by atoms with E-state index in [9.17, 15) is 19.6 Å². The van der Waals surface area contributed by atoms with Gasteiger partial charge in [0.2, 0.25) is 5.91 Å². The summed E-state index contributed by atoms with van der Waals surface area (Å²) in [6, 6.07) is 0.622. The van der Waals surface area contributed by atoms with Crippen molar-refractivity contribution in [3.8, 4) is 6.07 Å². The second-order valence-corrected chi connectivity index (χ2v) is 10.7. The molecule has 182 valence electrons. The lowest BCUT2D eigenvalue weighted by molar-refractivity contribution is -0.150. The van der Waals surface area contributed by atoms with Gasteiger partial charge in [-0.25, -0.2) is 0 Å². The van der Waals surface area contributed by atoms with E-state index in [2.05, 4.69) is 11.4 Å². The topological polar surface area (TPSA) is 146 Å². The van der Waals surface area contributed by atoms with Gasteiger partial charge in [-0.15, -0.1) is 0 Å². The largest absolute Gasteiger partial charge is 0.480 e. The highest BCUT2D eigenvalue weighted by molar-refractivity contribution is 5.84. The number of piperidine rings is 1. The maximum atomic E-state index is 13.5. The SMILES string of the molecule is CNC(CC(=O)OCCC1CC2CCCC(C(N)C(=O)N3C(C#N)CC4CC43)(C2)C1)C(=O)O. The molecule has 3 saturated carbocycles. The molecule has 0 spiro atoms. The van der Waals surface area contributed by atoms with Crippen LogP contribution in [0.2, 0.25) is 0 Å². The van der Waals surface area contributed by atoms with Gasteiger partial charge in [0.25, 0.3) is 0 Å². The number of nitrogens with zero attached hydrogens (tertiary/aromatic N) is 2. The monoisotopic (exact) mass is 460 g/mol. The van der Waals surface area contributed by atoms with E-state index >= 15 is 0 Å². The van der Waals surface area contributed by atoms with E-state index in [-0.39, 0.29) is 36.4 Å². The van der Waals surface area contributed by atoms with Crippen LogP contribution in [0.5, 0.6) is 0 Å². The molecular formula is C24H36N4O5. The molecule has 0 aromatic carbocycles. The van der Waals surface area contributed by atoms with E-state index in [0.29, 0.717) is 24.2 Å². The van der Waals surface area contributed by atoms with E-state index in [0.717, 1.165) is 51.4 Å². The number of nitrogens with one attached hydrogen (secondary N) is 1. The number of rotatable bonds is 9. The summed E-state index contributed by atoms with van der Waals surface area (Å²) < 4.78 is 5.34. The molecular weight excluding hydrogens is 424 g/mol. The molecule has 1 heterocycles. The van der Waals surface area contributed by atoms with Gasteiger partial charge in [-0.1, -0.05) is 12.8 Å². The molecule has 4 N–H and O–H groups in total. The summed E-state index contributed by atoms with van der Waals surface area (Å²) in [7, 11) is 1.50. The Morgan fingerprint density at radius 3 is 2.79 bits per heavy atom. The van der Waals surface area contributed by atoms with Crippen molar-refractivity contribution < 1.29 is 24.2 Å². The number of hydrogen-bond donors (Lipinski definition) is 3. The number of amides is 1. The number of carboxylic acid groups (broad SMARTS) is 1. The van der Waals surface area contributed by atoms with Gasteiger partial charge in [-0.3, -0.25) is 14.4 Å². The number of aliphatic carboxylic acids is 1.